The maximum Gasteiger partial charge on any atom is 0.0600 e. The molecule has 0 aromatic rings. The van der Waals surface area contributed by atoms with Crippen LogP contribution in [-0.2, 0) is 4.74 Å². The van der Waals surface area contributed by atoms with Gasteiger partial charge in [-0.25, -0.2) is 0 Å². The van der Waals surface area contributed by atoms with Gasteiger partial charge in [-0.15, -0.1) is 0 Å². The van der Waals surface area contributed by atoms with Crippen LogP contribution < -0.4 is 0 Å². The van der Waals surface area contributed by atoms with Crippen LogP contribution in [0.1, 0.15) is 45.4 Å². The Morgan fingerprint density at radius 2 is 1.75 bits per heavy atom. The largest absolute Gasteiger partial charge is 0.383 e. The molecule has 2 nitrogen and oxygen atoms in total. The third-order valence-electron chi connectivity index (χ3n) is 2.75. The van der Waals surface area contributed by atoms with Crippen LogP contribution in [0.3, 0.4) is 0 Å². The molecule has 0 rings (SSSR count). The number of nitrogens with zero attached hydrogens (tertiary/aromatic N) is 1. The van der Waals surface area contributed by atoms with Crippen molar-refractivity contribution >= 4 is 15.9 Å². The molecule has 0 aliphatic carbocycles. The van der Waals surface area contributed by atoms with E-state index in [4.69, 9.17) is 4.74 Å². The fourth-order valence-corrected chi connectivity index (χ4v) is 2.58. The molecule has 0 aliphatic rings. The van der Waals surface area contributed by atoms with Crippen LogP contribution >= 0.6 is 15.9 Å². The lowest BCUT2D eigenvalue weighted by molar-refractivity contribution is 0.185. The Hall–Kier alpha value is 0.400. The Morgan fingerprint density at radius 3 is 2.38 bits per heavy atom. The summed E-state index contributed by atoms with van der Waals surface area (Å²) >= 11 is 3.62. The molecule has 0 aromatic carbocycles. The fraction of sp³-hybridized carbons (Fsp3) is 1.00. The second-order valence-corrected chi connectivity index (χ2v) is 5.88. The molecular formula is C13H28BrNO. The van der Waals surface area contributed by atoms with Crippen molar-refractivity contribution in [2.45, 2.75) is 50.3 Å². The van der Waals surface area contributed by atoms with Crippen LogP contribution in [0.25, 0.3) is 0 Å². The van der Waals surface area contributed by atoms with Crippen LogP contribution in [0, 0.1) is 0 Å². The van der Waals surface area contributed by atoms with Gasteiger partial charge >= 0.3 is 0 Å². The van der Waals surface area contributed by atoms with Gasteiger partial charge in [0.2, 0.25) is 0 Å². The zero-order valence-electron chi connectivity index (χ0n) is 11.2. The molecule has 0 amide bonds. The highest BCUT2D eigenvalue weighted by Gasteiger charge is 2.06. The number of methoxy groups -OCH3 is 1. The van der Waals surface area contributed by atoms with E-state index in [1.807, 2.05) is 0 Å². The maximum atomic E-state index is 5.10. The van der Waals surface area contributed by atoms with Crippen LogP contribution in [0.2, 0.25) is 0 Å². The summed E-state index contributed by atoms with van der Waals surface area (Å²) in [6.07, 6.45) is 8.24. The van der Waals surface area contributed by atoms with Crippen molar-refractivity contribution in [3.05, 3.63) is 0 Å². The van der Waals surface area contributed by atoms with E-state index in [1.165, 1.54) is 45.1 Å². The number of rotatable bonds is 11. The Bertz CT molecular complexity index is 144. The second-order valence-electron chi connectivity index (χ2n) is 4.58. The monoisotopic (exact) mass is 293 g/mol. The summed E-state index contributed by atoms with van der Waals surface area (Å²) in [5, 5.41) is 0. The van der Waals surface area contributed by atoms with E-state index in [-0.39, 0.29) is 0 Å². The van der Waals surface area contributed by atoms with Gasteiger partial charge in [-0.2, -0.15) is 0 Å². The van der Waals surface area contributed by atoms with E-state index in [0.717, 1.165) is 13.2 Å². The molecule has 0 bridgehead atoms. The molecule has 0 saturated heterocycles. The zero-order chi connectivity index (χ0) is 12.2. The maximum absolute atomic E-state index is 5.10. The lowest BCUT2D eigenvalue weighted by Crippen LogP contribution is -2.29. The summed E-state index contributed by atoms with van der Waals surface area (Å²) in [4.78, 5) is 2.85. The summed E-state index contributed by atoms with van der Waals surface area (Å²) in [6.45, 7) is 5.33. The topological polar surface area (TPSA) is 12.5 Å². The van der Waals surface area contributed by atoms with E-state index >= 15 is 0 Å². The normalized spacial score (nSPS) is 13.3. The van der Waals surface area contributed by atoms with E-state index in [0.29, 0.717) is 4.83 Å². The minimum absolute atomic E-state index is 0.461. The molecule has 0 N–H and O–H groups in total. The van der Waals surface area contributed by atoms with Crippen molar-refractivity contribution in [3.63, 3.8) is 0 Å². The first-order valence-corrected chi connectivity index (χ1v) is 7.43. The van der Waals surface area contributed by atoms with E-state index < -0.39 is 0 Å². The smallest absolute Gasteiger partial charge is 0.0600 e. The van der Waals surface area contributed by atoms with Gasteiger partial charge in [0.1, 0.15) is 0 Å². The number of unbranched alkanes of at least 4 members (excludes halogenated alkanes) is 5. The molecular weight excluding hydrogens is 266 g/mol. The second kappa shape index (κ2) is 11.9. The lowest BCUT2D eigenvalue weighted by atomic mass is 10.1. The Morgan fingerprint density at radius 1 is 1.12 bits per heavy atom. The van der Waals surface area contributed by atoms with Gasteiger partial charge in [0.25, 0.3) is 0 Å². The van der Waals surface area contributed by atoms with Crippen molar-refractivity contribution in [1.82, 2.24) is 4.90 Å². The van der Waals surface area contributed by atoms with E-state index in [2.05, 4.69) is 34.8 Å². The van der Waals surface area contributed by atoms with Crippen molar-refractivity contribution in [3.8, 4) is 0 Å². The molecule has 0 radical (unpaired) electrons. The highest BCUT2D eigenvalue weighted by atomic mass is 79.9. The molecule has 3 heteroatoms. The van der Waals surface area contributed by atoms with Crippen LogP contribution in [0.15, 0.2) is 0 Å². The molecule has 98 valence electrons. The van der Waals surface area contributed by atoms with Crippen molar-refractivity contribution in [2.24, 2.45) is 0 Å². The average Bonchev–Trinajstić information content (AvgIpc) is 2.23. The molecule has 0 spiro atoms. The third kappa shape index (κ3) is 10.9. The first-order valence-electron chi connectivity index (χ1n) is 6.52. The van der Waals surface area contributed by atoms with E-state index in [9.17, 15) is 0 Å². The van der Waals surface area contributed by atoms with Gasteiger partial charge < -0.3 is 9.64 Å². The lowest BCUT2D eigenvalue weighted by Gasteiger charge is -2.19. The molecule has 0 fully saturated rings. The summed E-state index contributed by atoms with van der Waals surface area (Å²) < 4.78 is 5.10. The van der Waals surface area contributed by atoms with Gasteiger partial charge in [0, 0.05) is 13.7 Å². The Balaban J connectivity index is 3.26. The van der Waals surface area contributed by atoms with Gasteiger partial charge in [0.05, 0.1) is 11.4 Å². The fourth-order valence-electron chi connectivity index (χ4n) is 1.83. The SMILES string of the molecule is CCCCCCCCN(C)CC(Br)COC. The van der Waals surface area contributed by atoms with Crippen molar-refractivity contribution in [1.29, 1.82) is 0 Å². The molecule has 0 saturated carbocycles. The molecule has 1 atom stereocenters. The number of ether oxygens (including phenoxy) is 1. The van der Waals surface area contributed by atoms with Gasteiger partial charge in [0.15, 0.2) is 0 Å². The average molecular weight is 294 g/mol. The number of alkyl halides is 1. The number of hydrogen-bond donors (Lipinski definition) is 0. The Kier molecular flexibility index (Phi) is 12.2. The van der Waals surface area contributed by atoms with Gasteiger partial charge in [-0.05, 0) is 20.0 Å². The quantitative estimate of drug-likeness (QED) is 0.426. The van der Waals surface area contributed by atoms with Crippen LogP contribution in [0.5, 0.6) is 0 Å². The molecule has 0 aromatic heterocycles. The number of halogens is 1. The minimum Gasteiger partial charge on any atom is -0.383 e. The van der Waals surface area contributed by atoms with Gasteiger partial charge in [-0.1, -0.05) is 55.0 Å². The summed E-state index contributed by atoms with van der Waals surface area (Å²) in [5.74, 6) is 0. The van der Waals surface area contributed by atoms with Crippen LogP contribution in [-0.4, -0.2) is 43.6 Å². The highest BCUT2D eigenvalue weighted by molar-refractivity contribution is 9.09. The predicted molar refractivity (Wildman–Crippen MR) is 75.5 cm³/mol. The minimum atomic E-state index is 0.461. The zero-order valence-corrected chi connectivity index (χ0v) is 12.8. The predicted octanol–water partition coefficient (Wildman–Crippen LogP) is 3.69. The van der Waals surface area contributed by atoms with Crippen LogP contribution in [0.4, 0.5) is 0 Å². The first-order chi connectivity index (χ1) is 7.70. The third-order valence-corrected chi connectivity index (χ3v) is 3.30. The summed E-state index contributed by atoms with van der Waals surface area (Å²) in [5.41, 5.74) is 0. The molecule has 1 unspecified atom stereocenters. The summed E-state index contributed by atoms with van der Waals surface area (Å²) in [7, 11) is 3.94. The molecule has 0 heterocycles. The molecule has 16 heavy (non-hydrogen) atoms. The standard InChI is InChI=1S/C13H28BrNO/c1-4-5-6-7-8-9-10-15(2)11-13(14)12-16-3/h13H,4-12H2,1-3H3. The first kappa shape index (κ1) is 16.4. The van der Waals surface area contributed by atoms with Gasteiger partial charge in [-0.3, -0.25) is 0 Å². The number of hydrogen-bond acceptors (Lipinski definition) is 2. The van der Waals surface area contributed by atoms with E-state index in [1.54, 1.807) is 7.11 Å². The Labute approximate surface area is 110 Å². The highest BCUT2D eigenvalue weighted by Crippen LogP contribution is 2.07. The van der Waals surface area contributed by atoms with Crippen molar-refractivity contribution < 1.29 is 4.74 Å². The molecule has 0 aliphatic heterocycles. The summed E-state index contributed by atoms with van der Waals surface area (Å²) in [6, 6.07) is 0. The van der Waals surface area contributed by atoms with Crippen molar-refractivity contribution in [2.75, 3.05) is 33.9 Å².